The molecule has 2 aromatic heterocycles. The number of amides is 1. The molecule has 1 aliphatic heterocycles. The van der Waals surface area contributed by atoms with Crippen LogP contribution in [-0.2, 0) is 17.8 Å². The number of halogens is 3. The van der Waals surface area contributed by atoms with Crippen molar-refractivity contribution in [2.24, 2.45) is 0 Å². The van der Waals surface area contributed by atoms with Crippen molar-refractivity contribution >= 4 is 17.5 Å². The number of benzene rings is 1. The number of ether oxygens (including phenoxy) is 1. The van der Waals surface area contributed by atoms with E-state index >= 15 is 0 Å². The summed E-state index contributed by atoms with van der Waals surface area (Å²) in [5, 5.41) is 0.0932. The molecule has 10 heteroatoms. The third-order valence-corrected chi connectivity index (χ3v) is 5.36. The molecule has 3 aromatic rings. The van der Waals surface area contributed by atoms with Gasteiger partial charge in [-0.05, 0) is 35.7 Å². The smallest absolute Gasteiger partial charge is 0.290 e. The number of carbonyl (C=O) groups is 1. The molecule has 0 saturated heterocycles. The van der Waals surface area contributed by atoms with E-state index in [2.05, 4.69) is 15.0 Å². The molecule has 1 aliphatic rings. The Hall–Kier alpha value is -2.91. The summed E-state index contributed by atoms with van der Waals surface area (Å²) in [6.07, 6.45) is 0.785. The zero-order chi connectivity index (χ0) is 22.1. The maximum absolute atomic E-state index is 13.3. The minimum Gasteiger partial charge on any atom is -0.382 e. The van der Waals surface area contributed by atoms with E-state index in [9.17, 15) is 13.6 Å². The molecule has 3 heterocycles. The van der Waals surface area contributed by atoms with Crippen molar-refractivity contribution in [3.63, 3.8) is 0 Å². The van der Waals surface area contributed by atoms with Crippen molar-refractivity contribution in [3.05, 3.63) is 64.5 Å². The van der Waals surface area contributed by atoms with E-state index in [4.69, 9.17) is 16.3 Å². The second-order valence-electron chi connectivity index (χ2n) is 7.36. The van der Waals surface area contributed by atoms with E-state index in [-0.39, 0.29) is 35.2 Å². The summed E-state index contributed by atoms with van der Waals surface area (Å²) in [4.78, 5) is 27.6. The number of carbonyl (C=O) groups excluding carboxylic acids is 1. The summed E-state index contributed by atoms with van der Waals surface area (Å²) in [5.41, 5.74) is 2.38. The van der Waals surface area contributed by atoms with Gasteiger partial charge in [0.2, 0.25) is 5.28 Å². The molecule has 0 saturated carbocycles. The zero-order valence-electron chi connectivity index (χ0n) is 16.9. The van der Waals surface area contributed by atoms with Gasteiger partial charge in [0, 0.05) is 38.2 Å². The molecular weight excluding hydrogens is 428 g/mol. The highest BCUT2D eigenvalue weighted by molar-refractivity contribution is 6.28. The molecule has 1 aromatic carbocycles. The van der Waals surface area contributed by atoms with Crippen molar-refractivity contribution < 1.29 is 18.3 Å². The number of rotatable bonds is 6. The fraction of sp³-hybridized carbons (Fsp3) is 0.333. The number of imidazole rings is 1. The van der Waals surface area contributed by atoms with Gasteiger partial charge in [-0.3, -0.25) is 4.79 Å². The third-order valence-electron chi connectivity index (χ3n) is 5.18. The molecule has 0 aliphatic carbocycles. The van der Waals surface area contributed by atoms with Gasteiger partial charge < -0.3 is 14.2 Å². The molecule has 0 unspecified atom stereocenters. The largest absolute Gasteiger partial charge is 0.382 e. The Balaban J connectivity index is 1.68. The van der Waals surface area contributed by atoms with Crippen molar-refractivity contribution in [2.45, 2.75) is 32.5 Å². The van der Waals surface area contributed by atoms with Gasteiger partial charge in [-0.2, -0.15) is 0 Å². The maximum Gasteiger partial charge on any atom is 0.290 e. The summed E-state index contributed by atoms with van der Waals surface area (Å²) in [7, 11) is 1.56. The van der Waals surface area contributed by atoms with Crippen LogP contribution in [0.15, 0.2) is 36.7 Å². The minimum absolute atomic E-state index is 0.0786. The van der Waals surface area contributed by atoms with Crippen LogP contribution < -0.4 is 0 Å². The van der Waals surface area contributed by atoms with Crippen molar-refractivity contribution in [2.75, 3.05) is 13.7 Å². The van der Waals surface area contributed by atoms with Gasteiger partial charge in [0.05, 0.1) is 18.3 Å². The normalized spacial score (nSPS) is 16.1. The fourth-order valence-electron chi connectivity index (χ4n) is 3.70. The highest BCUT2D eigenvalue weighted by atomic mass is 35.5. The van der Waals surface area contributed by atoms with Gasteiger partial charge in [0.1, 0.15) is 5.69 Å². The second kappa shape index (κ2) is 8.68. The van der Waals surface area contributed by atoms with Crippen molar-refractivity contribution in [1.82, 2.24) is 24.4 Å². The summed E-state index contributed by atoms with van der Waals surface area (Å²) in [6, 6.07) is 5.80. The highest BCUT2D eigenvalue weighted by Gasteiger charge is 2.34. The lowest BCUT2D eigenvalue weighted by atomic mass is 10.1. The topological polar surface area (TPSA) is 73.1 Å². The van der Waals surface area contributed by atoms with E-state index in [1.54, 1.807) is 41.1 Å². The molecule has 162 valence electrons. The Morgan fingerprint density at radius 2 is 2.13 bits per heavy atom. The van der Waals surface area contributed by atoms with E-state index in [1.807, 2.05) is 6.92 Å². The molecule has 1 atom stereocenters. The second-order valence-corrected chi connectivity index (χ2v) is 7.70. The van der Waals surface area contributed by atoms with E-state index in [0.717, 1.165) is 5.56 Å². The van der Waals surface area contributed by atoms with Crippen LogP contribution in [0.5, 0.6) is 0 Å². The summed E-state index contributed by atoms with van der Waals surface area (Å²) in [6.45, 7) is 2.76. The Bertz CT molecular complexity index is 1120. The van der Waals surface area contributed by atoms with Gasteiger partial charge in [-0.15, -0.1) is 0 Å². The van der Waals surface area contributed by atoms with Gasteiger partial charge in [-0.1, -0.05) is 18.2 Å². The average molecular weight is 448 g/mol. The SMILES string of the molecule is COC[C@H]1Cn2cc(-c3nc(Cl)ncc3C)nc2C(=O)N1Cc1cccc(C(F)F)c1. The monoisotopic (exact) mass is 447 g/mol. The lowest BCUT2D eigenvalue weighted by molar-refractivity contribution is 0.0380. The van der Waals surface area contributed by atoms with Crippen LogP contribution in [0.3, 0.4) is 0 Å². The summed E-state index contributed by atoms with van der Waals surface area (Å²) in [5.74, 6) is -0.0543. The fourth-order valence-corrected chi connectivity index (χ4v) is 3.83. The highest BCUT2D eigenvalue weighted by Crippen LogP contribution is 2.27. The molecular formula is C21H20ClF2N5O2. The Morgan fingerprint density at radius 3 is 2.87 bits per heavy atom. The van der Waals surface area contributed by atoms with Crippen LogP contribution in [0, 0.1) is 6.92 Å². The Labute approximate surface area is 182 Å². The Morgan fingerprint density at radius 1 is 1.32 bits per heavy atom. The Kier molecular flexibility index (Phi) is 5.97. The standard InChI is InChI=1S/C21H20ClF2N5O2/c1-12-7-25-21(22)27-17(12)16-10-28-9-15(11-31-2)29(20(30)19(28)26-16)8-13-4-3-5-14(6-13)18(23)24/h3-7,10,15,18H,8-9,11H2,1-2H3/t15-/m1/s1. The number of alkyl halides is 2. The number of methoxy groups -OCH3 is 1. The lowest BCUT2D eigenvalue weighted by Crippen LogP contribution is -2.49. The number of aryl methyl sites for hydroxylation is 1. The van der Waals surface area contributed by atoms with Crippen LogP contribution >= 0.6 is 11.6 Å². The van der Waals surface area contributed by atoms with E-state index in [1.165, 1.54) is 12.1 Å². The molecule has 0 radical (unpaired) electrons. The number of nitrogens with zero attached hydrogens (tertiary/aromatic N) is 5. The lowest BCUT2D eigenvalue weighted by Gasteiger charge is -2.35. The molecule has 0 spiro atoms. The molecule has 0 N–H and O–H groups in total. The maximum atomic E-state index is 13.3. The molecule has 7 nitrogen and oxygen atoms in total. The number of aromatic nitrogens is 4. The number of hydrogen-bond donors (Lipinski definition) is 0. The molecule has 1 amide bonds. The molecule has 0 bridgehead atoms. The van der Waals surface area contributed by atoms with Gasteiger partial charge in [0.15, 0.2) is 5.82 Å². The molecule has 0 fully saturated rings. The first-order valence-electron chi connectivity index (χ1n) is 9.61. The summed E-state index contributed by atoms with van der Waals surface area (Å²) < 4.78 is 33.3. The van der Waals surface area contributed by atoms with E-state index < -0.39 is 6.43 Å². The van der Waals surface area contributed by atoms with Crippen LogP contribution in [-0.4, -0.2) is 50.1 Å². The predicted octanol–water partition coefficient (Wildman–Crippen LogP) is 3.91. The minimum atomic E-state index is -2.57. The first-order valence-corrected chi connectivity index (χ1v) is 9.98. The molecule has 4 rings (SSSR count). The van der Waals surface area contributed by atoms with Gasteiger partial charge in [0.25, 0.3) is 12.3 Å². The zero-order valence-corrected chi connectivity index (χ0v) is 17.7. The first kappa shape index (κ1) is 21.3. The quantitative estimate of drug-likeness (QED) is 0.536. The van der Waals surface area contributed by atoms with Gasteiger partial charge in [-0.25, -0.2) is 23.7 Å². The average Bonchev–Trinajstić information content (AvgIpc) is 3.17. The molecule has 31 heavy (non-hydrogen) atoms. The van der Waals surface area contributed by atoms with Crippen molar-refractivity contribution in [3.8, 4) is 11.4 Å². The van der Waals surface area contributed by atoms with E-state index in [0.29, 0.717) is 30.1 Å². The van der Waals surface area contributed by atoms with Crippen LogP contribution in [0.4, 0.5) is 8.78 Å². The number of hydrogen-bond acceptors (Lipinski definition) is 5. The van der Waals surface area contributed by atoms with Crippen LogP contribution in [0.1, 0.15) is 33.7 Å². The first-order chi connectivity index (χ1) is 14.9. The van der Waals surface area contributed by atoms with Crippen LogP contribution in [0.25, 0.3) is 11.4 Å². The third kappa shape index (κ3) is 4.28. The van der Waals surface area contributed by atoms with Crippen molar-refractivity contribution in [1.29, 1.82) is 0 Å². The number of fused-ring (bicyclic) bond motifs is 1. The summed E-state index contributed by atoms with van der Waals surface area (Å²) >= 11 is 5.93. The predicted molar refractivity (Wildman–Crippen MR) is 110 cm³/mol. The van der Waals surface area contributed by atoms with Gasteiger partial charge >= 0.3 is 0 Å². The van der Waals surface area contributed by atoms with Crippen LogP contribution in [0.2, 0.25) is 5.28 Å².